The van der Waals surface area contributed by atoms with Crippen molar-refractivity contribution in [2.75, 3.05) is 16.3 Å². The van der Waals surface area contributed by atoms with Crippen LogP contribution in [0.1, 0.15) is 5.56 Å². The number of aromatic nitrogens is 2. The highest BCUT2D eigenvalue weighted by Crippen LogP contribution is 2.20. The topological polar surface area (TPSA) is 110 Å². The van der Waals surface area contributed by atoms with E-state index in [2.05, 4.69) is 10.3 Å². The molecule has 0 spiro atoms. The number of fused-ring (bicyclic) bond motifs is 1. The average Bonchev–Trinajstić information content (AvgIpc) is 2.60. The molecule has 8 nitrogen and oxygen atoms in total. The monoisotopic (exact) mass is 404 g/mol. The summed E-state index contributed by atoms with van der Waals surface area (Å²) in [4.78, 5) is 29.1. The molecule has 0 fully saturated rings. The van der Waals surface area contributed by atoms with E-state index in [-0.39, 0.29) is 23.5 Å². The van der Waals surface area contributed by atoms with Crippen LogP contribution in [0.5, 0.6) is 0 Å². The fraction of sp³-hybridized carbons (Fsp3) is 0.167. The molecule has 1 amide bonds. The van der Waals surface area contributed by atoms with E-state index in [9.17, 15) is 22.4 Å². The van der Waals surface area contributed by atoms with Crippen LogP contribution in [-0.4, -0.2) is 30.1 Å². The average molecular weight is 404 g/mol. The summed E-state index contributed by atoms with van der Waals surface area (Å²) >= 11 is 0. The van der Waals surface area contributed by atoms with Crippen LogP contribution in [0.2, 0.25) is 0 Å². The SMILES string of the molecule is Cc1cccc2c(=O)n(CC(=O)Nc3ccc(F)c(NS(C)(=O)=O)c3)cnc12. The van der Waals surface area contributed by atoms with Gasteiger partial charge in [-0.05, 0) is 36.8 Å². The maximum absolute atomic E-state index is 13.7. The summed E-state index contributed by atoms with van der Waals surface area (Å²) in [5.41, 5.74) is 0.945. The molecule has 3 rings (SSSR count). The zero-order valence-corrected chi connectivity index (χ0v) is 15.9. The Morgan fingerprint density at radius 3 is 2.71 bits per heavy atom. The van der Waals surface area contributed by atoms with E-state index in [0.717, 1.165) is 28.5 Å². The molecule has 10 heteroatoms. The van der Waals surface area contributed by atoms with Crippen LogP contribution in [0, 0.1) is 12.7 Å². The van der Waals surface area contributed by atoms with Crippen LogP contribution in [0.25, 0.3) is 10.9 Å². The second-order valence-corrected chi connectivity index (χ2v) is 8.01. The molecule has 146 valence electrons. The van der Waals surface area contributed by atoms with E-state index in [1.54, 1.807) is 12.1 Å². The molecule has 0 bridgehead atoms. The van der Waals surface area contributed by atoms with E-state index < -0.39 is 21.7 Å². The highest BCUT2D eigenvalue weighted by Gasteiger charge is 2.12. The number of rotatable bonds is 5. The molecule has 2 aromatic carbocycles. The minimum absolute atomic E-state index is 0.176. The van der Waals surface area contributed by atoms with E-state index >= 15 is 0 Å². The molecule has 3 aromatic rings. The van der Waals surface area contributed by atoms with Gasteiger partial charge in [0.15, 0.2) is 0 Å². The number of para-hydroxylation sites is 1. The fourth-order valence-corrected chi connectivity index (χ4v) is 3.24. The Hall–Kier alpha value is -3.27. The molecule has 0 aliphatic rings. The lowest BCUT2D eigenvalue weighted by Crippen LogP contribution is -2.28. The summed E-state index contributed by atoms with van der Waals surface area (Å²) in [6, 6.07) is 8.66. The minimum Gasteiger partial charge on any atom is -0.324 e. The smallest absolute Gasteiger partial charge is 0.261 e. The molecule has 1 aromatic heterocycles. The predicted molar refractivity (Wildman–Crippen MR) is 104 cm³/mol. The third-order valence-electron chi connectivity index (χ3n) is 3.91. The van der Waals surface area contributed by atoms with Crippen molar-refractivity contribution in [2.24, 2.45) is 0 Å². The van der Waals surface area contributed by atoms with Crippen molar-refractivity contribution in [3.63, 3.8) is 0 Å². The van der Waals surface area contributed by atoms with Crippen LogP contribution >= 0.6 is 0 Å². The molecule has 0 aliphatic heterocycles. The van der Waals surface area contributed by atoms with Gasteiger partial charge in [-0.15, -0.1) is 0 Å². The van der Waals surface area contributed by atoms with Crippen molar-refractivity contribution >= 4 is 38.2 Å². The van der Waals surface area contributed by atoms with Crippen molar-refractivity contribution in [1.29, 1.82) is 0 Å². The molecule has 0 aliphatic carbocycles. The second kappa shape index (κ2) is 7.39. The molecule has 0 saturated heterocycles. The van der Waals surface area contributed by atoms with Gasteiger partial charge in [-0.25, -0.2) is 17.8 Å². The van der Waals surface area contributed by atoms with Gasteiger partial charge in [0.25, 0.3) is 5.56 Å². The largest absolute Gasteiger partial charge is 0.324 e. The minimum atomic E-state index is -3.68. The van der Waals surface area contributed by atoms with Gasteiger partial charge in [0, 0.05) is 5.69 Å². The molecular weight excluding hydrogens is 387 g/mol. The first-order valence-electron chi connectivity index (χ1n) is 8.16. The zero-order valence-electron chi connectivity index (χ0n) is 15.1. The van der Waals surface area contributed by atoms with Crippen molar-refractivity contribution in [1.82, 2.24) is 9.55 Å². The maximum atomic E-state index is 13.7. The molecule has 1 heterocycles. The van der Waals surface area contributed by atoms with E-state index in [0.29, 0.717) is 10.9 Å². The van der Waals surface area contributed by atoms with Gasteiger partial charge in [0.05, 0.1) is 29.2 Å². The predicted octanol–water partition coefficient (Wildman–Crippen LogP) is 1.85. The third kappa shape index (κ3) is 4.34. The number of nitrogens with one attached hydrogen (secondary N) is 2. The number of benzene rings is 2. The summed E-state index contributed by atoms with van der Waals surface area (Å²) in [6.07, 6.45) is 2.18. The molecule has 0 atom stereocenters. The van der Waals surface area contributed by atoms with Gasteiger partial charge < -0.3 is 5.32 Å². The fourth-order valence-electron chi connectivity index (χ4n) is 2.69. The van der Waals surface area contributed by atoms with Crippen molar-refractivity contribution in [3.8, 4) is 0 Å². The van der Waals surface area contributed by atoms with Crippen molar-refractivity contribution in [2.45, 2.75) is 13.5 Å². The number of halogens is 1. The number of hydrogen-bond donors (Lipinski definition) is 2. The maximum Gasteiger partial charge on any atom is 0.261 e. The van der Waals surface area contributed by atoms with Gasteiger partial charge in [-0.3, -0.25) is 18.9 Å². The molecule has 0 radical (unpaired) electrons. The van der Waals surface area contributed by atoms with E-state index in [4.69, 9.17) is 0 Å². The Bertz CT molecular complexity index is 1240. The van der Waals surface area contributed by atoms with Crippen LogP contribution in [0.15, 0.2) is 47.5 Å². The first kappa shape index (κ1) is 19.5. The number of hydrogen-bond acceptors (Lipinski definition) is 5. The first-order chi connectivity index (χ1) is 13.1. The molecule has 0 unspecified atom stereocenters. The molecular formula is C18H17FN4O4S. The highest BCUT2D eigenvalue weighted by molar-refractivity contribution is 7.92. The summed E-state index contributed by atoms with van der Waals surface area (Å²) in [5, 5.41) is 2.90. The normalized spacial score (nSPS) is 11.4. The lowest BCUT2D eigenvalue weighted by Gasteiger charge is -2.11. The number of anilines is 2. The Morgan fingerprint density at radius 2 is 2.00 bits per heavy atom. The Kier molecular flexibility index (Phi) is 5.14. The van der Waals surface area contributed by atoms with Gasteiger partial charge >= 0.3 is 0 Å². The number of carbonyl (C=O) groups excluding carboxylic acids is 1. The summed E-state index contributed by atoms with van der Waals surface area (Å²) in [7, 11) is -3.68. The number of carbonyl (C=O) groups is 1. The molecule has 0 saturated carbocycles. The van der Waals surface area contributed by atoms with E-state index in [1.165, 1.54) is 12.4 Å². The number of nitrogens with zero attached hydrogens (tertiary/aromatic N) is 2. The van der Waals surface area contributed by atoms with Crippen molar-refractivity contribution < 1.29 is 17.6 Å². The van der Waals surface area contributed by atoms with Gasteiger partial charge in [0.1, 0.15) is 12.4 Å². The molecule has 28 heavy (non-hydrogen) atoms. The van der Waals surface area contributed by atoms with Crippen molar-refractivity contribution in [3.05, 3.63) is 64.5 Å². The summed E-state index contributed by atoms with van der Waals surface area (Å²) < 4.78 is 39.5. The second-order valence-electron chi connectivity index (χ2n) is 6.27. The molecule has 2 N–H and O–H groups in total. The van der Waals surface area contributed by atoms with Crippen LogP contribution in [0.3, 0.4) is 0 Å². The number of sulfonamides is 1. The van der Waals surface area contributed by atoms with Crippen LogP contribution in [0.4, 0.5) is 15.8 Å². The quantitative estimate of drug-likeness (QED) is 0.674. The first-order valence-corrected chi connectivity index (χ1v) is 10.0. The van der Waals surface area contributed by atoms with E-state index in [1.807, 2.05) is 17.7 Å². The van der Waals surface area contributed by atoms with Gasteiger partial charge in [-0.2, -0.15) is 0 Å². The number of amides is 1. The lowest BCUT2D eigenvalue weighted by molar-refractivity contribution is -0.116. The standard InChI is InChI=1S/C18H17FN4O4S/c1-11-4-3-5-13-17(11)20-10-23(18(13)25)9-16(24)21-12-6-7-14(19)15(8-12)22-28(2,26)27/h3-8,10,22H,9H2,1-2H3,(H,21,24). The van der Waals surface area contributed by atoms with Crippen LogP contribution in [-0.2, 0) is 21.4 Å². The number of aryl methyl sites for hydroxylation is 1. The van der Waals surface area contributed by atoms with Gasteiger partial charge in [-0.1, -0.05) is 12.1 Å². The Balaban J connectivity index is 1.81. The highest BCUT2D eigenvalue weighted by atomic mass is 32.2. The van der Waals surface area contributed by atoms with Crippen LogP contribution < -0.4 is 15.6 Å². The third-order valence-corrected chi connectivity index (χ3v) is 4.51. The summed E-state index contributed by atoms with van der Waals surface area (Å²) in [6.45, 7) is 1.53. The lowest BCUT2D eigenvalue weighted by atomic mass is 10.1. The Labute approximate surface area is 160 Å². The Morgan fingerprint density at radius 1 is 1.25 bits per heavy atom. The zero-order chi connectivity index (χ0) is 20.5. The summed E-state index contributed by atoms with van der Waals surface area (Å²) in [5.74, 6) is -1.33. The van der Waals surface area contributed by atoms with Gasteiger partial charge in [0.2, 0.25) is 15.9 Å².